The van der Waals surface area contributed by atoms with Gasteiger partial charge in [0.05, 0.1) is 12.1 Å². The third kappa shape index (κ3) is 4.09. The molecule has 5 rings (SSSR count). The summed E-state index contributed by atoms with van der Waals surface area (Å²) < 4.78 is 6.11. The van der Waals surface area contributed by atoms with Gasteiger partial charge in [-0.05, 0) is 60.1 Å². The van der Waals surface area contributed by atoms with Crippen LogP contribution in [0.2, 0.25) is 0 Å². The van der Waals surface area contributed by atoms with Gasteiger partial charge < -0.3 is 14.8 Å². The predicted octanol–water partition coefficient (Wildman–Crippen LogP) is 7.62. The van der Waals surface area contributed by atoms with Gasteiger partial charge in [-0.2, -0.15) is 0 Å². The van der Waals surface area contributed by atoms with Gasteiger partial charge in [-0.15, -0.1) is 0 Å². The number of benzene rings is 3. The zero-order valence-corrected chi connectivity index (χ0v) is 19.9. The van der Waals surface area contributed by atoms with Crippen LogP contribution in [0, 0.1) is 5.41 Å². The Balaban J connectivity index is 1.41. The van der Waals surface area contributed by atoms with Crippen molar-refractivity contribution in [2.24, 2.45) is 5.41 Å². The molecule has 0 radical (unpaired) electrons. The third-order valence-electron chi connectivity index (χ3n) is 7.11. The van der Waals surface area contributed by atoms with Crippen molar-refractivity contribution in [3.8, 4) is 5.75 Å². The average Bonchev–Trinajstić information content (AvgIpc) is 3.21. The molecule has 0 atom stereocenters. The van der Waals surface area contributed by atoms with E-state index in [-0.39, 0.29) is 5.41 Å². The van der Waals surface area contributed by atoms with E-state index in [1.807, 2.05) is 30.3 Å². The third-order valence-corrected chi connectivity index (χ3v) is 7.11. The van der Waals surface area contributed by atoms with Crippen LogP contribution in [0.3, 0.4) is 0 Å². The average molecular weight is 454 g/mol. The highest BCUT2D eigenvalue weighted by molar-refractivity contribution is 6.01. The molecule has 0 fully saturated rings. The molecule has 34 heavy (non-hydrogen) atoms. The van der Waals surface area contributed by atoms with Gasteiger partial charge in [0, 0.05) is 16.3 Å². The summed E-state index contributed by atoms with van der Waals surface area (Å²) in [5, 5.41) is 13.2. The van der Waals surface area contributed by atoms with Gasteiger partial charge in [0.1, 0.15) is 11.4 Å². The lowest BCUT2D eigenvalue weighted by atomic mass is 9.72. The molecule has 1 aromatic heterocycles. The molecule has 1 aliphatic carbocycles. The van der Waals surface area contributed by atoms with Gasteiger partial charge in [-0.3, -0.25) is 0 Å². The fraction of sp³-hybridized carbons (Fsp3) is 0.300. The number of para-hydroxylation sites is 1. The summed E-state index contributed by atoms with van der Waals surface area (Å²) in [4.78, 5) is 15.4. The fourth-order valence-corrected chi connectivity index (χ4v) is 5.37. The Hall–Kier alpha value is -3.53. The number of aromatic amines is 1. The molecule has 0 amide bonds. The number of ether oxygens (including phenoxy) is 1. The molecule has 4 aromatic rings. The topological polar surface area (TPSA) is 62.3 Å². The number of aromatic nitrogens is 1. The van der Waals surface area contributed by atoms with E-state index in [9.17, 15) is 9.90 Å². The molecular formula is C30H31NO3. The Morgan fingerprint density at radius 1 is 1.03 bits per heavy atom. The van der Waals surface area contributed by atoms with Crippen LogP contribution in [0.1, 0.15) is 61.1 Å². The van der Waals surface area contributed by atoms with Crippen LogP contribution in [-0.2, 0) is 6.42 Å². The van der Waals surface area contributed by atoms with E-state index in [1.54, 1.807) is 0 Å². The molecule has 0 saturated carbocycles. The molecule has 0 aliphatic heterocycles. The number of fused-ring (bicyclic) bond motifs is 2. The molecule has 4 nitrogen and oxygen atoms in total. The number of allylic oxidation sites excluding steroid dienone is 2. The quantitative estimate of drug-likeness (QED) is 0.283. The van der Waals surface area contributed by atoms with Crippen LogP contribution in [-0.4, -0.2) is 22.7 Å². The molecule has 4 heteroatoms. The number of carboxylic acids is 1. The molecule has 174 valence electrons. The zero-order valence-electron chi connectivity index (χ0n) is 19.9. The second-order valence-corrected chi connectivity index (χ2v) is 9.84. The van der Waals surface area contributed by atoms with Crippen LogP contribution in [0.15, 0.2) is 66.7 Å². The summed E-state index contributed by atoms with van der Waals surface area (Å²) in [5.74, 6) is -0.0479. The number of aryl methyl sites for hydroxylation is 1. The van der Waals surface area contributed by atoms with E-state index >= 15 is 0 Å². The van der Waals surface area contributed by atoms with Crippen molar-refractivity contribution < 1.29 is 14.6 Å². The van der Waals surface area contributed by atoms with Gasteiger partial charge in [-0.25, -0.2) is 4.79 Å². The summed E-state index contributed by atoms with van der Waals surface area (Å²) in [7, 11) is 0. The van der Waals surface area contributed by atoms with Crippen molar-refractivity contribution in [3.63, 3.8) is 0 Å². The Morgan fingerprint density at radius 2 is 1.79 bits per heavy atom. The second-order valence-electron chi connectivity index (χ2n) is 9.84. The number of rotatable bonds is 7. The molecule has 2 N–H and O–H groups in total. The van der Waals surface area contributed by atoms with E-state index in [4.69, 9.17) is 4.74 Å². The van der Waals surface area contributed by atoms with E-state index in [0.717, 1.165) is 57.8 Å². The first kappa shape index (κ1) is 22.3. The lowest BCUT2D eigenvalue weighted by molar-refractivity contribution is 0.0690. The SMILES string of the molecule is CC1(C)CCCC=C1c1cccc2c(CCCOc3cccc4ccccc34)c(C(=O)O)[nH]c12. The molecule has 0 spiro atoms. The Morgan fingerprint density at radius 3 is 2.62 bits per heavy atom. The summed E-state index contributed by atoms with van der Waals surface area (Å²) in [6.07, 6.45) is 7.10. The molecule has 0 unspecified atom stereocenters. The van der Waals surface area contributed by atoms with Crippen molar-refractivity contribution in [1.82, 2.24) is 4.98 Å². The van der Waals surface area contributed by atoms with E-state index in [1.165, 1.54) is 12.0 Å². The van der Waals surface area contributed by atoms with Crippen LogP contribution in [0.4, 0.5) is 0 Å². The van der Waals surface area contributed by atoms with Crippen LogP contribution in [0.5, 0.6) is 5.75 Å². The predicted molar refractivity (Wildman–Crippen MR) is 139 cm³/mol. The maximum absolute atomic E-state index is 12.1. The van der Waals surface area contributed by atoms with Crippen LogP contribution in [0.25, 0.3) is 27.2 Å². The van der Waals surface area contributed by atoms with Crippen molar-refractivity contribution in [3.05, 3.63) is 83.6 Å². The Labute approximate surface area is 200 Å². The van der Waals surface area contributed by atoms with E-state index in [0.29, 0.717) is 18.7 Å². The highest BCUT2D eigenvalue weighted by Gasteiger charge is 2.29. The number of aromatic carboxylic acids is 1. The Kier molecular flexibility index (Phi) is 5.91. The van der Waals surface area contributed by atoms with Crippen LogP contribution >= 0.6 is 0 Å². The molecule has 3 aromatic carbocycles. The van der Waals surface area contributed by atoms with E-state index in [2.05, 4.69) is 55.2 Å². The van der Waals surface area contributed by atoms with Crippen molar-refractivity contribution in [1.29, 1.82) is 0 Å². The number of carbonyl (C=O) groups is 1. The normalized spacial score (nSPS) is 15.4. The van der Waals surface area contributed by atoms with Gasteiger partial charge in [0.15, 0.2) is 0 Å². The summed E-state index contributed by atoms with van der Waals surface area (Å²) in [5.41, 5.74) is 4.61. The van der Waals surface area contributed by atoms with Gasteiger partial charge >= 0.3 is 5.97 Å². The monoisotopic (exact) mass is 453 g/mol. The second kappa shape index (κ2) is 9.02. The lowest BCUT2D eigenvalue weighted by Gasteiger charge is -2.32. The number of hydrogen-bond donors (Lipinski definition) is 2. The highest BCUT2D eigenvalue weighted by atomic mass is 16.5. The number of hydrogen-bond acceptors (Lipinski definition) is 2. The largest absolute Gasteiger partial charge is 0.493 e. The van der Waals surface area contributed by atoms with Crippen molar-refractivity contribution >= 4 is 33.2 Å². The summed E-state index contributed by atoms with van der Waals surface area (Å²) in [6.45, 7) is 5.09. The number of H-pyrrole nitrogens is 1. The maximum atomic E-state index is 12.1. The first-order valence-corrected chi connectivity index (χ1v) is 12.1. The summed E-state index contributed by atoms with van der Waals surface area (Å²) >= 11 is 0. The molecule has 0 saturated heterocycles. The minimum Gasteiger partial charge on any atom is -0.493 e. The molecule has 0 bridgehead atoms. The number of carboxylic acid groups (broad SMARTS) is 1. The van der Waals surface area contributed by atoms with Crippen molar-refractivity contribution in [2.45, 2.75) is 46.0 Å². The smallest absolute Gasteiger partial charge is 0.352 e. The van der Waals surface area contributed by atoms with Gasteiger partial charge in [0.2, 0.25) is 0 Å². The Bertz CT molecular complexity index is 1390. The first-order valence-electron chi connectivity index (χ1n) is 12.1. The van der Waals surface area contributed by atoms with E-state index < -0.39 is 5.97 Å². The summed E-state index contributed by atoms with van der Waals surface area (Å²) in [6, 6.07) is 20.5. The minimum atomic E-state index is -0.913. The zero-order chi connectivity index (χ0) is 23.7. The van der Waals surface area contributed by atoms with Gasteiger partial charge in [-0.1, -0.05) is 74.5 Å². The van der Waals surface area contributed by atoms with Crippen molar-refractivity contribution in [2.75, 3.05) is 6.61 Å². The standard InChI is InChI=1S/C30H31NO3/c1-30(2)18-6-5-16-25(30)24-14-8-13-22-23(28(29(32)33)31-27(22)24)15-9-19-34-26-17-7-11-20-10-3-4-12-21(20)26/h3-4,7-8,10-14,16-17,31H,5-6,9,15,18-19H2,1-2H3,(H,32,33). The molecule has 1 heterocycles. The number of nitrogens with one attached hydrogen (secondary N) is 1. The molecule has 1 aliphatic rings. The first-order chi connectivity index (χ1) is 16.5. The highest BCUT2D eigenvalue weighted by Crippen LogP contribution is 2.45. The fourth-order valence-electron chi connectivity index (χ4n) is 5.37. The maximum Gasteiger partial charge on any atom is 0.352 e. The minimum absolute atomic E-state index is 0.0769. The lowest BCUT2D eigenvalue weighted by Crippen LogP contribution is -2.17. The van der Waals surface area contributed by atoms with Crippen LogP contribution < -0.4 is 4.74 Å². The molecular weight excluding hydrogens is 422 g/mol. The van der Waals surface area contributed by atoms with Gasteiger partial charge in [0.25, 0.3) is 0 Å².